The fourth-order valence-corrected chi connectivity index (χ4v) is 2.37. The summed E-state index contributed by atoms with van der Waals surface area (Å²) in [7, 11) is 1.67. The summed E-state index contributed by atoms with van der Waals surface area (Å²) in [6.07, 6.45) is 3.73. The van der Waals surface area contributed by atoms with Gasteiger partial charge in [0.1, 0.15) is 5.60 Å². The lowest BCUT2D eigenvalue weighted by molar-refractivity contribution is 0.0514. The van der Waals surface area contributed by atoms with Crippen molar-refractivity contribution in [3.05, 3.63) is 42.6 Å². The average Bonchev–Trinajstić information content (AvgIpc) is 3.17. The number of halogens is 1. The molecule has 0 atom stereocenters. The number of nitrogens with zero attached hydrogens (tertiary/aromatic N) is 4. The van der Waals surface area contributed by atoms with E-state index in [-0.39, 0.29) is 11.4 Å². The molecule has 0 aliphatic carbocycles. The Hall–Kier alpha value is -3.36. The number of carbonyl (C=O) groups excluding carboxylic acids is 1. The van der Waals surface area contributed by atoms with E-state index in [9.17, 15) is 9.18 Å². The smallest absolute Gasteiger partial charge is 0.435 e. The Kier molecular flexibility index (Phi) is 4.61. The molecule has 0 aliphatic rings. The summed E-state index contributed by atoms with van der Waals surface area (Å²) < 4.78 is 28.0. The second-order valence-corrected chi connectivity index (χ2v) is 6.93. The third kappa shape index (κ3) is 4.08. The monoisotopic (exact) mass is 373 g/mol. The predicted octanol–water partition coefficient (Wildman–Crippen LogP) is 3.58. The van der Waals surface area contributed by atoms with Crippen molar-refractivity contribution in [1.29, 1.82) is 0 Å². The van der Waals surface area contributed by atoms with Gasteiger partial charge in [-0.05, 0) is 26.8 Å². The van der Waals surface area contributed by atoms with Gasteiger partial charge in [-0.2, -0.15) is 14.9 Å². The first kappa shape index (κ1) is 18.4. The van der Waals surface area contributed by atoms with Crippen molar-refractivity contribution in [2.75, 3.05) is 5.73 Å². The number of rotatable bonds is 3. The molecule has 2 N–H and O–H groups in total. The summed E-state index contributed by atoms with van der Waals surface area (Å²) in [5.74, 6) is -0.341. The number of aryl methyl sites for hydroxylation is 1. The van der Waals surface area contributed by atoms with E-state index in [1.54, 1.807) is 40.0 Å². The molecule has 0 saturated heterocycles. The van der Waals surface area contributed by atoms with Crippen molar-refractivity contribution < 1.29 is 18.7 Å². The number of nitrogen functional groups attached to an aromatic ring is 1. The number of carbonyl (C=O) groups is 1. The second kappa shape index (κ2) is 6.75. The number of aromatic nitrogens is 4. The SMILES string of the molecule is Cn1nccc1Oc1c(F)cc(N)cc1-c1cnn(C(=O)OC(C)(C)C)c1. The van der Waals surface area contributed by atoms with Crippen molar-refractivity contribution in [2.45, 2.75) is 26.4 Å². The lowest BCUT2D eigenvalue weighted by Gasteiger charge is -2.18. The van der Waals surface area contributed by atoms with Crippen LogP contribution >= 0.6 is 0 Å². The van der Waals surface area contributed by atoms with E-state index < -0.39 is 17.5 Å². The van der Waals surface area contributed by atoms with Crippen molar-refractivity contribution in [3.8, 4) is 22.8 Å². The maximum atomic E-state index is 14.6. The maximum absolute atomic E-state index is 14.6. The lowest BCUT2D eigenvalue weighted by Crippen LogP contribution is -2.27. The molecule has 3 rings (SSSR count). The molecular weight excluding hydrogens is 353 g/mol. The van der Waals surface area contributed by atoms with Gasteiger partial charge in [0.15, 0.2) is 11.6 Å². The van der Waals surface area contributed by atoms with Crippen LogP contribution in [0.2, 0.25) is 0 Å². The zero-order valence-corrected chi connectivity index (χ0v) is 15.4. The fraction of sp³-hybridized carbons (Fsp3) is 0.278. The van der Waals surface area contributed by atoms with Crippen molar-refractivity contribution in [2.24, 2.45) is 7.05 Å². The van der Waals surface area contributed by atoms with Gasteiger partial charge in [-0.15, -0.1) is 0 Å². The minimum Gasteiger partial charge on any atom is -0.442 e. The van der Waals surface area contributed by atoms with Crippen LogP contribution in [0.5, 0.6) is 11.6 Å². The molecule has 27 heavy (non-hydrogen) atoms. The molecule has 0 amide bonds. The Labute approximate surface area is 155 Å². The van der Waals surface area contributed by atoms with Crippen molar-refractivity contribution in [3.63, 3.8) is 0 Å². The summed E-state index contributed by atoms with van der Waals surface area (Å²) in [5.41, 5.74) is 6.13. The largest absolute Gasteiger partial charge is 0.442 e. The molecule has 1 aromatic carbocycles. The summed E-state index contributed by atoms with van der Waals surface area (Å²) in [4.78, 5) is 12.2. The third-order valence-corrected chi connectivity index (χ3v) is 3.52. The lowest BCUT2D eigenvalue weighted by atomic mass is 10.1. The van der Waals surface area contributed by atoms with E-state index >= 15 is 0 Å². The second-order valence-electron chi connectivity index (χ2n) is 6.93. The number of nitrogens with two attached hydrogens (primary N) is 1. The highest BCUT2D eigenvalue weighted by Crippen LogP contribution is 2.37. The van der Waals surface area contributed by atoms with E-state index in [1.165, 1.54) is 23.3 Å². The van der Waals surface area contributed by atoms with E-state index in [1.807, 2.05) is 0 Å². The minimum atomic E-state index is -0.666. The minimum absolute atomic E-state index is 0.0449. The summed E-state index contributed by atoms with van der Waals surface area (Å²) in [5, 5.41) is 7.99. The molecule has 8 nitrogen and oxygen atoms in total. The van der Waals surface area contributed by atoms with E-state index in [0.717, 1.165) is 10.7 Å². The highest BCUT2D eigenvalue weighted by molar-refractivity contribution is 5.77. The van der Waals surface area contributed by atoms with Gasteiger partial charge in [-0.3, -0.25) is 0 Å². The Bertz CT molecular complexity index is 987. The molecule has 0 fully saturated rings. The van der Waals surface area contributed by atoms with Crippen LogP contribution in [0.15, 0.2) is 36.8 Å². The molecular formula is C18H20FN5O3. The molecule has 2 aromatic heterocycles. The van der Waals surface area contributed by atoms with Crippen LogP contribution in [0.1, 0.15) is 20.8 Å². The summed E-state index contributed by atoms with van der Waals surface area (Å²) in [6.45, 7) is 5.26. The highest BCUT2D eigenvalue weighted by Gasteiger charge is 2.21. The van der Waals surface area contributed by atoms with Gasteiger partial charge < -0.3 is 15.2 Å². The van der Waals surface area contributed by atoms with Crippen LogP contribution in [-0.2, 0) is 11.8 Å². The molecule has 9 heteroatoms. The summed E-state index contributed by atoms with van der Waals surface area (Å²) >= 11 is 0. The van der Waals surface area contributed by atoms with Crippen LogP contribution in [0, 0.1) is 5.82 Å². The van der Waals surface area contributed by atoms with E-state index in [4.69, 9.17) is 15.2 Å². The van der Waals surface area contributed by atoms with Crippen LogP contribution < -0.4 is 10.5 Å². The number of benzene rings is 1. The standard InChI is InChI=1S/C18H20FN5O3/c1-18(2,3)27-17(25)24-10-11(9-22-24)13-7-12(20)8-14(19)16(13)26-15-5-6-21-23(15)4/h5-10H,20H2,1-4H3. The molecule has 0 unspecified atom stereocenters. The van der Waals surface area contributed by atoms with Crippen LogP contribution in [0.4, 0.5) is 14.9 Å². The van der Waals surface area contributed by atoms with E-state index in [0.29, 0.717) is 17.0 Å². The molecule has 0 bridgehead atoms. The molecule has 0 spiro atoms. The normalized spacial score (nSPS) is 11.4. The highest BCUT2D eigenvalue weighted by atomic mass is 19.1. The van der Waals surface area contributed by atoms with Crippen molar-refractivity contribution in [1.82, 2.24) is 19.6 Å². The molecule has 142 valence electrons. The van der Waals surface area contributed by atoms with Gasteiger partial charge in [0.2, 0.25) is 5.88 Å². The summed E-state index contributed by atoms with van der Waals surface area (Å²) in [6, 6.07) is 4.31. The number of anilines is 1. The van der Waals surface area contributed by atoms with Gasteiger partial charge >= 0.3 is 6.09 Å². The molecule has 0 aliphatic heterocycles. The quantitative estimate of drug-likeness (QED) is 0.705. The fourth-order valence-electron chi connectivity index (χ4n) is 2.37. The van der Waals surface area contributed by atoms with Crippen LogP contribution in [0.25, 0.3) is 11.1 Å². The Balaban J connectivity index is 1.99. The number of hydrogen-bond donors (Lipinski definition) is 1. The van der Waals surface area contributed by atoms with Gasteiger partial charge in [0.25, 0.3) is 0 Å². The molecule has 2 heterocycles. The first-order valence-electron chi connectivity index (χ1n) is 8.17. The third-order valence-electron chi connectivity index (χ3n) is 3.52. The molecule has 0 radical (unpaired) electrons. The van der Waals surface area contributed by atoms with Gasteiger partial charge in [0, 0.05) is 42.2 Å². The number of hydrogen-bond acceptors (Lipinski definition) is 6. The first-order chi connectivity index (χ1) is 12.6. The van der Waals surface area contributed by atoms with Gasteiger partial charge in [0.05, 0.1) is 12.4 Å². The van der Waals surface area contributed by atoms with Crippen LogP contribution in [0.3, 0.4) is 0 Å². The molecule has 0 saturated carbocycles. The predicted molar refractivity (Wildman–Crippen MR) is 96.9 cm³/mol. The van der Waals surface area contributed by atoms with Crippen molar-refractivity contribution >= 4 is 11.8 Å². The zero-order chi connectivity index (χ0) is 19.8. The number of ether oxygens (including phenoxy) is 2. The molecule has 3 aromatic rings. The average molecular weight is 373 g/mol. The Morgan fingerprint density at radius 2 is 2.00 bits per heavy atom. The zero-order valence-electron chi connectivity index (χ0n) is 15.4. The maximum Gasteiger partial charge on any atom is 0.435 e. The first-order valence-corrected chi connectivity index (χ1v) is 8.17. The van der Waals surface area contributed by atoms with Gasteiger partial charge in [-0.1, -0.05) is 0 Å². The Morgan fingerprint density at radius 1 is 1.26 bits per heavy atom. The van der Waals surface area contributed by atoms with Gasteiger partial charge in [-0.25, -0.2) is 13.9 Å². The topological polar surface area (TPSA) is 97.2 Å². The van der Waals surface area contributed by atoms with E-state index in [2.05, 4.69) is 10.2 Å². The Morgan fingerprint density at radius 3 is 2.63 bits per heavy atom. The van der Waals surface area contributed by atoms with Crippen LogP contribution in [-0.4, -0.2) is 31.3 Å².